The fraction of sp³-hybridized carbons (Fsp3) is 0.261. The molecule has 0 saturated heterocycles. The van der Waals surface area contributed by atoms with Crippen molar-refractivity contribution in [1.29, 1.82) is 0 Å². The number of benzene rings is 2. The molecule has 0 unspecified atom stereocenters. The highest BCUT2D eigenvalue weighted by Crippen LogP contribution is 2.38. The van der Waals surface area contributed by atoms with Gasteiger partial charge in [0.05, 0.1) is 10.9 Å². The third-order valence-electron chi connectivity index (χ3n) is 4.90. The highest BCUT2D eigenvalue weighted by atomic mass is 32.1. The number of hydrogen-bond acceptors (Lipinski definition) is 5. The molecule has 2 aromatic heterocycles. The molecule has 0 saturated carbocycles. The summed E-state index contributed by atoms with van der Waals surface area (Å²) in [4.78, 5) is 23.5. The minimum atomic E-state index is -0.318. The van der Waals surface area contributed by atoms with Crippen LogP contribution in [-0.4, -0.2) is 33.9 Å². The maximum absolute atomic E-state index is 14.4. The van der Waals surface area contributed by atoms with E-state index in [-0.39, 0.29) is 18.3 Å². The molecule has 0 aliphatic rings. The quantitative estimate of drug-likeness (QED) is 0.421. The lowest BCUT2D eigenvalue weighted by molar-refractivity contribution is -0.133. The minimum Gasteiger partial charge on any atom is -0.466 e. The third kappa shape index (κ3) is 3.98. The summed E-state index contributed by atoms with van der Waals surface area (Å²) in [5, 5.41) is 0.477. The fourth-order valence-electron chi connectivity index (χ4n) is 3.32. The van der Waals surface area contributed by atoms with E-state index in [9.17, 15) is 9.18 Å². The maximum Gasteiger partial charge on any atom is 0.260 e. The summed E-state index contributed by atoms with van der Waals surface area (Å²) in [6.07, 6.45) is 0.584. The smallest absolute Gasteiger partial charge is 0.260 e. The normalized spacial score (nSPS) is 11.2. The number of thiophene rings is 1. The lowest BCUT2D eigenvalue weighted by Gasteiger charge is -2.21. The molecule has 2 aromatic carbocycles. The summed E-state index contributed by atoms with van der Waals surface area (Å²) in [5.74, 6) is 0.450. The second-order valence-electron chi connectivity index (χ2n) is 6.87. The number of aromatic nitrogens is 2. The van der Waals surface area contributed by atoms with Crippen LogP contribution in [0.4, 0.5) is 4.39 Å². The number of hydrogen-bond donors (Lipinski definition) is 0. The van der Waals surface area contributed by atoms with Gasteiger partial charge in [0.1, 0.15) is 16.3 Å². The van der Waals surface area contributed by atoms with Gasteiger partial charge < -0.3 is 9.64 Å². The van der Waals surface area contributed by atoms with Crippen LogP contribution in [0.25, 0.3) is 20.3 Å². The summed E-state index contributed by atoms with van der Waals surface area (Å²) in [5.41, 5.74) is 1.60. The van der Waals surface area contributed by atoms with Gasteiger partial charge in [-0.2, -0.15) is 4.98 Å². The Labute approximate surface area is 178 Å². The Bertz CT molecular complexity index is 1190. The Morgan fingerprint density at radius 1 is 1.10 bits per heavy atom. The number of nitrogens with zero attached hydrogens (tertiary/aromatic N) is 3. The second kappa shape index (κ2) is 8.75. The van der Waals surface area contributed by atoms with Gasteiger partial charge in [0, 0.05) is 24.2 Å². The molecular weight excluding hydrogens is 401 g/mol. The van der Waals surface area contributed by atoms with Gasteiger partial charge in [0.2, 0.25) is 5.88 Å². The molecule has 30 heavy (non-hydrogen) atoms. The van der Waals surface area contributed by atoms with Crippen LogP contribution in [0.1, 0.15) is 25.2 Å². The first-order valence-electron chi connectivity index (χ1n) is 9.92. The Balaban J connectivity index is 1.61. The van der Waals surface area contributed by atoms with Gasteiger partial charge in [0.25, 0.3) is 5.91 Å². The van der Waals surface area contributed by atoms with E-state index in [0.29, 0.717) is 46.8 Å². The Kier molecular flexibility index (Phi) is 5.90. The number of carbonyl (C=O) groups excluding carboxylic acids is 1. The molecule has 4 rings (SSSR count). The zero-order valence-electron chi connectivity index (χ0n) is 16.9. The predicted molar refractivity (Wildman–Crippen MR) is 117 cm³/mol. The zero-order chi connectivity index (χ0) is 21.1. The molecule has 0 aliphatic carbocycles. The summed E-state index contributed by atoms with van der Waals surface area (Å²) in [6, 6.07) is 14.8. The molecule has 4 aromatic rings. The van der Waals surface area contributed by atoms with Crippen molar-refractivity contribution < 1.29 is 13.9 Å². The number of amides is 1. The molecule has 2 heterocycles. The lowest BCUT2D eigenvalue weighted by atomic mass is 10.2. The van der Waals surface area contributed by atoms with E-state index in [1.807, 2.05) is 50.2 Å². The van der Waals surface area contributed by atoms with Crippen LogP contribution in [0.3, 0.4) is 0 Å². The van der Waals surface area contributed by atoms with E-state index >= 15 is 0 Å². The highest BCUT2D eigenvalue weighted by Gasteiger charge is 2.19. The molecule has 154 valence electrons. The number of likely N-dealkylation sites (N-methyl/N-ethyl adjacent to an activating group) is 1. The van der Waals surface area contributed by atoms with Gasteiger partial charge in [-0.25, -0.2) is 9.37 Å². The van der Waals surface area contributed by atoms with E-state index in [4.69, 9.17) is 4.74 Å². The number of aryl methyl sites for hydroxylation is 1. The maximum atomic E-state index is 14.4. The first-order chi connectivity index (χ1) is 14.6. The molecular formula is C23H22FN3O2S. The van der Waals surface area contributed by atoms with Crippen molar-refractivity contribution in [2.45, 2.75) is 26.8 Å². The van der Waals surface area contributed by atoms with Crippen LogP contribution in [0.2, 0.25) is 0 Å². The van der Waals surface area contributed by atoms with Crippen molar-refractivity contribution in [1.82, 2.24) is 14.9 Å². The van der Waals surface area contributed by atoms with Gasteiger partial charge in [-0.3, -0.25) is 4.79 Å². The van der Waals surface area contributed by atoms with Crippen LogP contribution < -0.4 is 4.74 Å². The highest BCUT2D eigenvalue weighted by molar-refractivity contribution is 7.26. The fourth-order valence-corrected chi connectivity index (χ4v) is 4.42. The van der Waals surface area contributed by atoms with Gasteiger partial charge in [-0.1, -0.05) is 43.3 Å². The molecule has 1 amide bonds. The molecule has 0 spiro atoms. The van der Waals surface area contributed by atoms with Crippen LogP contribution in [0.15, 0.2) is 48.5 Å². The van der Waals surface area contributed by atoms with Gasteiger partial charge in [-0.15, -0.1) is 11.3 Å². The van der Waals surface area contributed by atoms with Crippen LogP contribution >= 0.6 is 11.3 Å². The number of halogens is 1. The third-order valence-corrected chi connectivity index (χ3v) is 6.04. The van der Waals surface area contributed by atoms with Crippen LogP contribution in [0, 0.1) is 5.82 Å². The molecule has 0 atom stereocenters. The van der Waals surface area contributed by atoms with Crippen molar-refractivity contribution >= 4 is 37.5 Å². The zero-order valence-corrected chi connectivity index (χ0v) is 17.7. The topological polar surface area (TPSA) is 55.3 Å². The standard InChI is InChI=1S/C23H22FN3O2S/c1-3-18-25-21-20-16(24)11-8-12-17(20)30-22(21)23(26-18)29-14-19(28)27(4-2)13-15-9-6-5-7-10-15/h5-12H,3-4,13-14H2,1-2H3. The van der Waals surface area contributed by atoms with Crippen LogP contribution in [-0.2, 0) is 17.8 Å². The SMILES string of the molecule is CCc1nc(OCC(=O)N(CC)Cc2ccccc2)c2sc3cccc(F)c3c2n1. The summed E-state index contributed by atoms with van der Waals surface area (Å²) >= 11 is 1.38. The first-order valence-corrected chi connectivity index (χ1v) is 10.7. The van der Waals surface area contributed by atoms with Crippen LogP contribution in [0.5, 0.6) is 5.88 Å². The van der Waals surface area contributed by atoms with Crippen molar-refractivity contribution in [3.63, 3.8) is 0 Å². The Morgan fingerprint density at radius 2 is 1.90 bits per heavy atom. The van der Waals surface area contributed by atoms with Gasteiger partial charge in [0.15, 0.2) is 6.61 Å². The number of ether oxygens (including phenoxy) is 1. The van der Waals surface area contributed by atoms with Gasteiger partial charge >= 0.3 is 0 Å². The Hall–Kier alpha value is -3.06. The molecule has 0 aliphatic heterocycles. The molecule has 0 bridgehead atoms. The summed E-state index contributed by atoms with van der Waals surface area (Å²) in [7, 11) is 0. The number of fused-ring (bicyclic) bond motifs is 3. The number of carbonyl (C=O) groups is 1. The summed E-state index contributed by atoms with van der Waals surface area (Å²) < 4.78 is 21.7. The second-order valence-corrected chi connectivity index (χ2v) is 7.93. The van der Waals surface area contributed by atoms with Crippen molar-refractivity contribution in [3.05, 3.63) is 65.7 Å². The minimum absolute atomic E-state index is 0.126. The van der Waals surface area contributed by atoms with Crippen molar-refractivity contribution in [3.8, 4) is 5.88 Å². The average molecular weight is 424 g/mol. The van der Waals surface area contributed by atoms with E-state index < -0.39 is 0 Å². The van der Waals surface area contributed by atoms with Crippen molar-refractivity contribution in [2.75, 3.05) is 13.2 Å². The molecule has 5 nitrogen and oxygen atoms in total. The Morgan fingerprint density at radius 3 is 2.63 bits per heavy atom. The average Bonchev–Trinajstić information content (AvgIpc) is 3.16. The monoisotopic (exact) mass is 423 g/mol. The number of rotatable bonds is 7. The molecule has 0 fully saturated rings. The van der Waals surface area contributed by atoms with E-state index in [1.54, 1.807) is 11.0 Å². The summed E-state index contributed by atoms with van der Waals surface area (Å²) in [6.45, 7) is 4.83. The largest absolute Gasteiger partial charge is 0.466 e. The molecule has 0 radical (unpaired) electrons. The molecule has 0 N–H and O–H groups in total. The lowest BCUT2D eigenvalue weighted by Crippen LogP contribution is -2.34. The predicted octanol–water partition coefficient (Wildman–Crippen LogP) is 4.97. The van der Waals surface area contributed by atoms with Crippen molar-refractivity contribution in [2.24, 2.45) is 0 Å². The van der Waals surface area contributed by atoms with E-state index in [0.717, 1.165) is 10.3 Å². The van der Waals surface area contributed by atoms with Gasteiger partial charge in [-0.05, 0) is 24.6 Å². The first kappa shape index (κ1) is 20.2. The van der Waals surface area contributed by atoms with E-state index in [1.165, 1.54) is 17.4 Å². The molecule has 7 heteroatoms. The van der Waals surface area contributed by atoms with E-state index in [2.05, 4.69) is 9.97 Å².